The topological polar surface area (TPSA) is 71.5 Å². The number of aromatic nitrogens is 1. The fourth-order valence-corrected chi connectivity index (χ4v) is 4.72. The molecule has 172 valence electrons. The van der Waals surface area contributed by atoms with Crippen molar-refractivity contribution >= 4 is 28.2 Å². The molecular formula is C23H20F3N3O3S. The van der Waals surface area contributed by atoms with Crippen LogP contribution in [0.15, 0.2) is 48.7 Å². The van der Waals surface area contributed by atoms with Crippen molar-refractivity contribution in [3.8, 4) is 10.4 Å². The summed E-state index contributed by atoms with van der Waals surface area (Å²) in [4.78, 5) is 32.0. The number of amides is 2. The molecule has 0 bridgehead atoms. The van der Waals surface area contributed by atoms with Crippen LogP contribution in [0.3, 0.4) is 0 Å². The highest BCUT2D eigenvalue weighted by molar-refractivity contribution is 7.20. The summed E-state index contributed by atoms with van der Waals surface area (Å²) < 4.78 is 43.7. The summed E-state index contributed by atoms with van der Waals surface area (Å²) in [5.41, 5.74) is 0.867. The van der Waals surface area contributed by atoms with E-state index in [-0.39, 0.29) is 11.5 Å². The summed E-state index contributed by atoms with van der Waals surface area (Å²) in [6, 6.07) is 11.3. The maximum absolute atomic E-state index is 13.3. The molecule has 3 aromatic rings. The number of nitrogens with zero attached hydrogens (tertiary/aromatic N) is 2. The van der Waals surface area contributed by atoms with Gasteiger partial charge in [-0.3, -0.25) is 14.6 Å². The van der Waals surface area contributed by atoms with Crippen LogP contribution in [0.2, 0.25) is 0 Å². The largest absolute Gasteiger partial charge is 0.433 e. The SMILES string of the molecule is Cc1c(-c2ccccc2)sc(NC(=O)c2ccc(C(F)(F)F)nc2)c1C(=O)N1CCOCC1. The number of ether oxygens (including phenoxy) is 1. The number of pyridine rings is 1. The van der Waals surface area contributed by atoms with E-state index in [1.54, 1.807) is 4.90 Å². The summed E-state index contributed by atoms with van der Waals surface area (Å²) in [5.74, 6) is -0.872. The van der Waals surface area contributed by atoms with Gasteiger partial charge in [-0.05, 0) is 30.2 Å². The van der Waals surface area contributed by atoms with Crippen molar-refractivity contribution in [2.24, 2.45) is 0 Å². The van der Waals surface area contributed by atoms with Crippen molar-refractivity contribution in [2.75, 3.05) is 31.6 Å². The minimum atomic E-state index is -4.60. The third kappa shape index (κ3) is 4.91. The third-order valence-corrected chi connectivity index (χ3v) is 6.49. The number of nitrogens with one attached hydrogen (secondary N) is 1. The molecule has 3 heterocycles. The quantitative estimate of drug-likeness (QED) is 0.585. The van der Waals surface area contributed by atoms with Gasteiger partial charge in [0.1, 0.15) is 10.7 Å². The first-order valence-corrected chi connectivity index (χ1v) is 11.0. The Balaban J connectivity index is 1.68. The predicted molar refractivity (Wildman–Crippen MR) is 118 cm³/mol. The maximum atomic E-state index is 13.3. The Morgan fingerprint density at radius 3 is 2.39 bits per heavy atom. The Morgan fingerprint density at radius 2 is 1.79 bits per heavy atom. The summed E-state index contributed by atoms with van der Waals surface area (Å²) >= 11 is 1.25. The van der Waals surface area contributed by atoms with Crippen molar-refractivity contribution in [3.05, 3.63) is 71.0 Å². The maximum Gasteiger partial charge on any atom is 0.433 e. The average Bonchev–Trinajstić information content (AvgIpc) is 3.14. The van der Waals surface area contributed by atoms with E-state index in [0.717, 1.165) is 34.3 Å². The number of carbonyl (C=O) groups is 2. The second-order valence-corrected chi connectivity index (χ2v) is 8.44. The second-order valence-electron chi connectivity index (χ2n) is 7.41. The van der Waals surface area contributed by atoms with Crippen molar-refractivity contribution < 1.29 is 27.5 Å². The van der Waals surface area contributed by atoms with E-state index in [4.69, 9.17) is 4.74 Å². The number of thiophene rings is 1. The molecule has 0 saturated carbocycles. The molecule has 0 atom stereocenters. The lowest BCUT2D eigenvalue weighted by atomic mass is 10.1. The standard InChI is InChI=1S/C23H20F3N3O3S/c1-14-18(22(31)29-9-11-32-12-10-29)21(33-19(14)15-5-3-2-4-6-15)28-20(30)16-7-8-17(27-13-16)23(24,25)26/h2-8,13H,9-12H2,1H3,(H,28,30). The van der Waals surface area contributed by atoms with Crippen LogP contribution in [-0.2, 0) is 10.9 Å². The van der Waals surface area contributed by atoms with Gasteiger partial charge in [-0.1, -0.05) is 30.3 Å². The van der Waals surface area contributed by atoms with Gasteiger partial charge in [-0.15, -0.1) is 11.3 Å². The molecule has 0 aliphatic carbocycles. The van der Waals surface area contributed by atoms with Crippen LogP contribution in [0.4, 0.5) is 18.2 Å². The molecule has 1 saturated heterocycles. The van der Waals surface area contributed by atoms with Crippen molar-refractivity contribution in [1.82, 2.24) is 9.88 Å². The van der Waals surface area contributed by atoms with Gasteiger partial charge in [0.25, 0.3) is 11.8 Å². The van der Waals surface area contributed by atoms with Gasteiger partial charge in [0.15, 0.2) is 0 Å². The zero-order chi connectivity index (χ0) is 23.6. The number of benzene rings is 1. The van der Waals surface area contributed by atoms with E-state index in [9.17, 15) is 22.8 Å². The molecule has 6 nitrogen and oxygen atoms in total. The highest BCUT2D eigenvalue weighted by Gasteiger charge is 2.32. The lowest BCUT2D eigenvalue weighted by Gasteiger charge is -2.27. The smallest absolute Gasteiger partial charge is 0.378 e. The van der Waals surface area contributed by atoms with E-state index in [0.29, 0.717) is 36.9 Å². The summed E-state index contributed by atoms with van der Waals surface area (Å²) in [6.45, 7) is 3.55. The predicted octanol–water partition coefficient (Wildman–Crippen LogP) is 4.86. The van der Waals surface area contributed by atoms with Crippen molar-refractivity contribution in [1.29, 1.82) is 0 Å². The number of anilines is 1. The van der Waals surface area contributed by atoms with Gasteiger partial charge in [0.2, 0.25) is 0 Å². The fraction of sp³-hybridized carbons (Fsp3) is 0.261. The van der Waals surface area contributed by atoms with E-state index in [1.807, 2.05) is 37.3 Å². The molecule has 4 rings (SSSR count). The van der Waals surface area contributed by atoms with Crippen LogP contribution in [0.5, 0.6) is 0 Å². The molecule has 1 aliphatic rings. The molecule has 1 fully saturated rings. The van der Waals surface area contributed by atoms with Gasteiger partial charge in [-0.25, -0.2) is 0 Å². The first-order chi connectivity index (χ1) is 15.8. The van der Waals surface area contributed by atoms with Gasteiger partial charge >= 0.3 is 6.18 Å². The Bertz CT molecular complexity index is 1160. The van der Waals surface area contributed by atoms with Crippen LogP contribution >= 0.6 is 11.3 Å². The molecule has 0 unspecified atom stereocenters. The fourth-order valence-electron chi connectivity index (χ4n) is 3.52. The lowest BCUT2D eigenvalue weighted by Crippen LogP contribution is -2.41. The molecule has 1 aromatic carbocycles. The van der Waals surface area contributed by atoms with Crippen LogP contribution in [0, 0.1) is 6.92 Å². The minimum Gasteiger partial charge on any atom is -0.378 e. The second kappa shape index (κ2) is 9.32. The first kappa shape index (κ1) is 22.9. The van der Waals surface area contributed by atoms with E-state index in [1.165, 1.54) is 11.3 Å². The zero-order valence-electron chi connectivity index (χ0n) is 17.6. The minimum absolute atomic E-state index is 0.0416. The average molecular weight is 475 g/mol. The number of alkyl halides is 3. The zero-order valence-corrected chi connectivity index (χ0v) is 18.4. The Kier molecular flexibility index (Phi) is 6.48. The molecular weight excluding hydrogens is 455 g/mol. The lowest BCUT2D eigenvalue weighted by molar-refractivity contribution is -0.141. The number of carbonyl (C=O) groups excluding carboxylic acids is 2. The van der Waals surface area contributed by atoms with Gasteiger partial charge in [0, 0.05) is 24.2 Å². The Hall–Kier alpha value is -3.24. The van der Waals surface area contributed by atoms with Gasteiger partial charge in [0.05, 0.1) is 24.3 Å². The van der Waals surface area contributed by atoms with E-state index in [2.05, 4.69) is 10.3 Å². The summed E-state index contributed by atoms with van der Waals surface area (Å²) in [5, 5.41) is 3.06. The van der Waals surface area contributed by atoms with E-state index >= 15 is 0 Å². The highest BCUT2D eigenvalue weighted by Crippen LogP contribution is 2.40. The van der Waals surface area contributed by atoms with Crippen LogP contribution in [0.25, 0.3) is 10.4 Å². The molecule has 1 aliphatic heterocycles. The molecule has 1 N–H and O–H groups in total. The molecule has 2 amide bonds. The monoisotopic (exact) mass is 475 g/mol. The third-order valence-electron chi connectivity index (χ3n) is 5.24. The van der Waals surface area contributed by atoms with Crippen LogP contribution in [0.1, 0.15) is 32.0 Å². The van der Waals surface area contributed by atoms with Crippen LogP contribution in [-0.4, -0.2) is 48.0 Å². The number of hydrogen-bond donors (Lipinski definition) is 1. The van der Waals surface area contributed by atoms with Crippen LogP contribution < -0.4 is 5.32 Å². The van der Waals surface area contributed by atoms with Gasteiger partial charge < -0.3 is 15.0 Å². The number of morpholine rings is 1. The molecule has 0 spiro atoms. The molecule has 33 heavy (non-hydrogen) atoms. The summed E-state index contributed by atoms with van der Waals surface area (Å²) in [7, 11) is 0. The first-order valence-electron chi connectivity index (χ1n) is 10.2. The molecule has 2 aromatic heterocycles. The summed E-state index contributed by atoms with van der Waals surface area (Å²) in [6.07, 6.45) is -3.72. The van der Waals surface area contributed by atoms with Gasteiger partial charge in [-0.2, -0.15) is 13.2 Å². The normalized spacial score (nSPS) is 14.2. The number of rotatable bonds is 4. The Labute approximate surface area is 192 Å². The molecule has 10 heteroatoms. The van der Waals surface area contributed by atoms with Crippen molar-refractivity contribution in [3.63, 3.8) is 0 Å². The Morgan fingerprint density at radius 1 is 1.09 bits per heavy atom. The number of hydrogen-bond acceptors (Lipinski definition) is 5. The highest BCUT2D eigenvalue weighted by atomic mass is 32.1. The van der Waals surface area contributed by atoms with E-state index < -0.39 is 17.8 Å². The number of halogens is 3. The van der Waals surface area contributed by atoms with Crippen molar-refractivity contribution in [2.45, 2.75) is 13.1 Å². The molecule has 0 radical (unpaired) electrons.